The maximum absolute atomic E-state index is 14.1. The first-order valence-corrected chi connectivity index (χ1v) is 14.9. The van der Waals surface area contributed by atoms with Gasteiger partial charge in [-0.3, -0.25) is 9.36 Å². The fourth-order valence-electron chi connectivity index (χ4n) is 5.72. The number of aryl methyl sites for hydroxylation is 3. The summed E-state index contributed by atoms with van der Waals surface area (Å²) in [4.78, 5) is 32.6. The molecule has 5 rings (SSSR count). The summed E-state index contributed by atoms with van der Waals surface area (Å²) >= 11 is 1.35. The van der Waals surface area contributed by atoms with E-state index in [0.29, 0.717) is 26.5 Å². The number of hydrogen-bond donors (Lipinski definition) is 0. The van der Waals surface area contributed by atoms with Crippen LogP contribution >= 0.6 is 11.3 Å². The Labute approximate surface area is 245 Å². The predicted molar refractivity (Wildman–Crippen MR) is 166 cm³/mol. The molecule has 3 heterocycles. The molecule has 212 valence electrons. The summed E-state index contributed by atoms with van der Waals surface area (Å²) in [6.07, 6.45) is 1.95. The molecule has 0 spiro atoms. The average Bonchev–Trinajstić information content (AvgIpc) is 3.36. The van der Waals surface area contributed by atoms with E-state index in [4.69, 9.17) is 9.73 Å². The molecule has 0 unspecified atom stereocenters. The van der Waals surface area contributed by atoms with Crippen molar-refractivity contribution in [1.82, 2.24) is 9.13 Å². The van der Waals surface area contributed by atoms with Gasteiger partial charge in [0.2, 0.25) is 0 Å². The summed E-state index contributed by atoms with van der Waals surface area (Å²) in [7, 11) is 0. The van der Waals surface area contributed by atoms with Crippen molar-refractivity contribution in [2.45, 2.75) is 67.3 Å². The van der Waals surface area contributed by atoms with E-state index in [-0.39, 0.29) is 12.2 Å². The normalized spacial score (nSPS) is 15.3. The molecule has 0 aliphatic carbocycles. The van der Waals surface area contributed by atoms with E-state index in [1.807, 2.05) is 25.1 Å². The third-order valence-corrected chi connectivity index (χ3v) is 8.64. The van der Waals surface area contributed by atoms with Crippen molar-refractivity contribution < 1.29 is 9.53 Å². The highest BCUT2D eigenvalue weighted by molar-refractivity contribution is 7.07. The number of hydrogen-bond acceptors (Lipinski definition) is 5. The topological polar surface area (TPSA) is 65.6 Å². The van der Waals surface area contributed by atoms with E-state index in [1.54, 1.807) is 11.5 Å². The average molecular weight is 568 g/mol. The van der Waals surface area contributed by atoms with E-state index in [0.717, 1.165) is 28.2 Å². The number of nitrogens with zero attached hydrogens (tertiary/aromatic N) is 3. The van der Waals surface area contributed by atoms with Crippen LogP contribution in [0.25, 0.3) is 11.8 Å². The van der Waals surface area contributed by atoms with Crippen LogP contribution in [0.5, 0.6) is 0 Å². The van der Waals surface area contributed by atoms with Gasteiger partial charge in [-0.05, 0) is 99.6 Å². The third-order valence-electron chi connectivity index (χ3n) is 7.66. The van der Waals surface area contributed by atoms with Crippen molar-refractivity contribution in [1.29, 1.82) is 0 Å². The predicted octanol–water partition coefficient (Wildman–Crippen LogP) is 5.95. The SMILES string of the molecule is CCOC(=O)C1=C(C)N=c2sc(=Cc3cc(C)n(-c4cc(C)cc(C)c4)c3C)c(=O)n2[C@H]1c1ccc(C(C)C)cc1. The van der Waals surface area contributed by atoms with Gasteiger partial charge < -0.3 is 9.30 Å². The highest BCUT2D eigenvalue weighted by atomic mass is 32.1. The number of fused-ring (bicyclic) bond motifs is 1. The quantitative estimate of drug-likeness (QED) is 0.271. The van der Waals surface area contributed by atoms with Crippen LogP contribution in [0.4, 0.5) is 0 Å². The van der Waals surface area contributed by atoms with Crippen molar-refractivity contribution in [3.63, 3.8) is 0 Å². The maximum Gasteiger partial charge on any atom is 0.338 e. The molecule has 0 fully saturated rings. The van der Waals surface area contributed by atoms with Gasteiger partial charge in [-0.2, -0.15) is 0 Å². The van der Waals surface area contributed by atoms with E-state index >= 15 is 0 Å². The Morgan fingerprint density at radius 2 is 1.68 bits per heavy atom. The second-order valence-electron chi connectivity index (χ2n) is 11.1. The zero-order valence-corrected chi connectivity index (χ0v) is 25.8. The van der Waals surface area contributed by atoms with Gasteiger partial charge in [-0.15, -0.1) is 0 Å². The number of benzene rings is 2. The molecular weight excluding hydrogens is 530 g/mol. The van der Waals surface area contributed by atoms with Gasteiger partial charge in [-0.1, -0.05) is 55.5 Å². The minimum absolute atomic E-state index is 0.169. The smallest absolute Gasteiger partial charge is 0.338 e. The summed E-state index contributed by atoms with van der Waals surface area (Å²) in [6.45, 7) is 16.5. The fraction of sp³-hybridized carbons (Fsp3) is 0.324. The molecule has 4 aromatic rings. The Hall–Kier alpha value is -3.97. The molecule has 0 amide bonds. The highest BCUT2D eigenvalue weighted by Crippen LogP contribution is 2.31. The largest absolute Gasteiger partial charge is 0.463 e. The lowest BCUT2D eigenvalue weighted by molar-refractivity contribution is -0.139. The van der Waals surface area contributed by atoms with Crippen LogP contribution < -0.4 is 14.9 Å². The highest BCUT2D eigenvalue weighted by Gasteiger charge is 2.33. The minimum Gasteiger partial charge on any atom is -0.463 e. The van der Waals surface area contributed by atoms with Crippen molar-refractivity contribution in [3.8, 4) is 5.69 Å². The standard InChI is InChI=1S/C34H37N3O3S/c1-9-40-33(39)30-23(7)35-34-37(31(30)26-12-10-25(11-13-26)19(2)3)32(38)29(41-34)18-27-17-22(6)36(24(27)8)28-15-20(4)14-21(5)16-28/h10-19,31H,9H2,1-8H3/t31-/m0/s1. The van der Waals surface area contributed by atoms with E-state index in [1.165, 1.54) is 28.0 Å². The van der Waals surface area contributed by atoms with Gasteiger partial charge in [0, 0.05) is 17.1 Å². The summed E-state index contributed by atoms with van der Waals surface area (Å²) in [5.41, 5.74) is 9.50. The van der Waals surface area contributed by atoms with Crippen molar-refractivity contribution >= 4 is 23.4 Å². The van der Waals surface area contributed by atoms with Gasteiger partial charge >= 0.3 is 5.97 Å². The molecule has 2 aromatic carbocycles. The van der Waals surface area contributed by atoms with E-state index in [2.05, 4.69) is 82.5 Å². The number of ether oxygens (including phenoxy) is 1. The zero-order valence-electron chi connectivity index (χ0n) is 25.0. The number of carbonyl (C=O) groups excluding carboxylic acids is 1. The molecule has 7 heteroatoms. The van der Waals surface area contributed by atoms with Crippen molar-refractivity contribution in [2.75, 3.05) is 6.61 Å². The second kappa shape index (κ2) is 11.1. The van der Waals surface area contributed by atoms with Crippen molar-refractivity contribution in [2.24, 2.45) is 4.99 Å². The molecule has 6 nitrogen and oxygen atoms in total. The number of carbonyl (C=O) groups is 1. The van der Waals surface area contributed by atoms with E-state index < -0.39 is 12.0 Å². The third kappa shape index (κ3) is 5.26. The number of allylic oxidation sites excluding steroid dienone is 1. The maximum atomic E-state index is 14.1. The van der Waals surface area contributed by atoms with Crippen LogP contribution in [-0.2, 0) is 9.53 Å². The molecule has 1 aliphatic heterocycles. The van der Waals surface area contributed by atoms with Gasteiger partial charge in [0.15, 0.2) is 4.80 Å². The monoisotopic (exact) mass is 567 g/mol. The Bertz CT molecular complexity index is 1850. The number of thiazole rings is 1. The molecule has 1 atom stereocenters. The Morgan fingerprint density at radius 3 is 2.29 bits per heavy atom. The minimum atomic E-state index is -0.614. The van der Waals surface area contributed by atoms with Crippen molar-refractivity contribution in [3.05, 3.63) is 119 Å². The summed E-state index contributed by atoms with van der Waals surface area (Å²) in [5.74, 6) is -0.0754. The van der Waals surface area contributed by atoms with Gasteiger partial charge in [0.25, 0.3) is 5.56 Å². The lowest BCUT2D eigenvalue weighted by atomic mass is 9.93. The van der Waals surface area contributed by atoms with E-state index in [9.17, 15) is 9.59 Å². The number of esters is 1. The van der Waals surface area contributed by atoms with Crippen LogP contribution in [0.1, 0.15) is 78.9 Å². The molecule has 1 aliphatic rings. The molecular formula is C34H37N3O3S. The van der Waals surface area contributed by atoms with Gasteiger partial charge in [0.05, 0.1) is 28.5 Å². The van der Waals surface area contributed by atoms with Crippen LogP contribution in [0, 0.1) is 27.7 Å². The molecule has 0 N–H and O–H groups in total. The number of rotatable bonds is 6. The first-order valence-electron chi connectivity index (χ1n) is 14.1. The first-order chi connectivity index (χ1) is 19.5. The van der Waals surface area contributed by atoms with Gasteiger partial charge in [0.1, 0.15) is 0 Å². The molecule has 0 saturated carbocycles. The summed E-state index contributed by atoms with van der Waals surface area (Å²) in [6, 6.07) is 16.2. The Balaban J connectivity index is 1.68. The molecule has 0 radical (unpaired) electrons. The lowest BCUT2D eigenvalue weighted by Crippen LogP contribution is -2.39. The first kappa shape index (κ1) is 28.6. The summed E-state index contributed by atoms with van der Waals surface area (Å²) < 4.78 is 9.89. The molecule has 0 bridgehead atoms. The molecule has 2 aromatic heterocycles. The van der Waals surface area contributed by atoms with Crippen LogP contribution in [0.2, 0.25) is 0 Å². The van der Waals surface area contributed by atoms with Crippen LogP contribution in [0.3, 0.4) is 0 Å². The van der Waals surface area contributed by atoms with Gasteiger partial charge in [-0.25, -0.2) is 9.79 Å². The zero-order chi connectivity index (χ0) is 29.6. The molecule has 41 heavy (non-hydrogen) atoms. The molecule has 0 saturated heterocycles. The van der Waals surface area contributed by atoms with Crippen LogP contribution in [0.15, 0.2) is 69.6 Å². The summed E-state index contributed by atoms with van der Waals surface area (Å²) in [5, 5.41) is 0. The second-order valence-corrected chi connectivity index (χ2v) is 12.1. The Kier molecular flexibility index (Phi) is 7.75. The lowest BCUT2D eigenvalue weighted by Gasteiger charge is -2.25. The number of aromatic nitrogens is 2. The fourth-order valence-corrected chi connectivity index (χ4v) is 6.76. The van der Waals surface area contributed by atoms with Crippen LogP contribution in [-0.4, -0.2) is 21.7 Å². The Morgan fingerprint density at radius 1 is 1.02 bits per heavy atom.